The van der Waals surface area contributed by atoms with Crippen molar-refractivity contribution in [3.8, 4) is 0 Å². The Bertz CT molecular complexity index is 1010. The van der Waals surface area contributed by atoms with Gasteiger partial charge in [0.15, 0.2) is 5.82 Å². The molecule has 0 unspecified atom stereocenters. The number of hydrogen-bond acceptors (Lipinski definition) is 4. The highest BCUT2D eigenvalue weighted by atomic mass is 32.2. The molecule has 0 saturated carbocycles. The van der Waals surface area contributed by atoms with Crippen LogP contribution >= 0.6 is 0 Å². The van der Waals surface area contributed by atoms with E-state index < -0.39 is 10.0 Å². The minimum absolute atomic E-state index is 0.207. The standard InChI is InChI=1S/C15H17FN4O2S/c1-4-5-13-17-9(2)14-15(19-23(3,21)22)18-11-7-6-10(16)8-12(11)20(13)14/h6-8H,4-5H2,1-3H3,(H,18,19). The highest BCUT2D eigenvalue weighted by molar-refractivity contribution is 7.92. The molecule has 0 amide bonds. The summed E-state index contributed by atoms with van der Waals surface area (Å²) in [4.78, 5) is 8.86. The Labute approximate surface area is 133 Å². The van der Waals surface area contributed by atoms with Gasteiger partial charge in [-0.1, -0.05) is 6.92 Å². The predicted octanol–water partition coefficient (Wildman–Crippen LogP) is 2.65. The van der Waals surface area contributed by atoms with Crippen molar-refractivity contribution in [1.82, 2.24) is 14.4 Å². The summed E-state index contributed by atoms with van der Waals surface area (Å²) in [7, 11) is -3.49. The molecule has 2 heterocycles. The summed E-state index contributed by atoms with van der Waals surface area (Å²) in [5, 5.41) is 0. The van der Waals surface area contributed by atoms with Gasteiger partial charge in [-0.3, -0.25) is 9.12 Å². The van der Waals surface area contributed by atoms with Crippen molar-refractivity contribution in [2.75, 3.05) is 11.0 Å². The van der Waals surface area contributed by atoms with Crippen LogP contribution in [0.2, 0.25) is 0 Å². The Balaban J connectivity index is 2.46. The van der Waals surface area contributed by atoms with Crippen LogP contribution in [0.3, 0.4) is 0 Å². The first-order chi connectivity index (χ1) is 10.8. The molecule has 0 aliphatic rings. The first kappa shape index (κ1) is 15.7. The average molecular weight is 336 g/mol. The molecular weight excluding hydrogens is 319 g/mol. The van der Waals surface area contributed by atoms with Gasteiger partial charge in [-0.25, -0.2) is 22.8 Å². The molecule has 0 bridgehead atoms. The summed E-state index contributed by atoms with van der Waals surface area (Å²) in [5.74, 6) is 0.590. The van der Waals surface area contributed by atoms with Crippen molar-refractivity contribution in [3.63, 3.8) is 0 Å². The van der Waals surface area contributed by atoms with Crippen LogP contribution in [0.1, 0.15) is 24.9 Å². The van der Waals surface area contributed by atoms with Gasteiger partial charge in [0, 0.05) is 12.5 Å². The van der Waals surface area contributed by atoms with Crippen LogP contribution in [0.15, 0.2) is 18.2 Å². The van der Waals surface area contributed by atoms with Crippen molar-refractivity contribution in [2.45, 2.75) is 26.7 Å². The fourth-order valence-corrected chi connectivity index (χ4v) is 3.20. The molecule has 3 aromatic rings. The monoisotopic (exact) mass is 336 g/mol. The molecular formula is C15H17FN4O2S. The second kappa shape index (κ2) is 5.45. The largest absolute Gasteiger partial charge is 0.291 e. The number of aryl methyl sites for hydroxylation is 2. The number of halogens is 1. The third-order valence-corrected chi connectivity index (χ3v) is 4.08. The zero-order valence-electron chi connectivity index (χ0n) is 13.1. The van der Waals surface area contributed by atoms with E-state index in [1.54, 1.807) is 11.3 Å². The molecule has 1 N–H and O–H groups in total. The van der Waals surface area contributed by atoms with Gasteiger partial charge in [-0.05, 0) is 25.5 Å². The van der Waals surface area contributed by atoms with Gasteiger partial charge >= 0.3 is 0 Å². The van der Waals surface area contributed by atoms with Crippen molar-refractivity contribution in [3.05, 3.63) is 35.5 Å². The first-order valence-corrected chi connectivity index (χ1v) is 9.14. The minimum Gasteiger partial charge on any atom is -0.291 e. The number of fused-ring (bicyclic) bond motifs is 3. The van der Waals surface area contributed by atoms with Crippen molar-refractivity contribution in [2.24, 2.45) is 0 Å². The van der Waals surface area contributed by atoms with Gasteiger partial charge in [0.05, 0.1) is 23.0 Å². The lowest BCUT2D eigenvalue weighted by Crippen LogP contribution is -2.13. The van der Waals surface area contributed by atoms with E-state index >= 15 is 0 Å². The van der Waals surface area contributed by atoms with E-state index in [9.17, 15) is 12.8 Å². The van der Waals surface area contributed by atoms with E-state index in [2.05, 4.69) is 14.7 Å². The SMILES string of the molecule is CCCc1nc(C)c2c(NS(C)(=O)=O)nc3ccc(F)cc3n12. The Hall–Kier alpha value is -2.22. The molecule has 0 aliphatic heterocycles. The highest BCUT2D eigenvalue weighted by Crippen LogP contribution is 2.27. The smallest absolute Gasteiger partial charge is 0.231 e. The van der Waals surface area contributed by atoms with Gasteiger partial charge < -0.3 is 0 Å². The summed E-state index contributed by atoms with van der Waals surface area (Å²) in [5.41, 5.74) is 2.28. The zero-order chi connectivity index (χ0) is 16.8. The van der Waals surface area contributed by atoms with E-state index in [0.29, 0.717) is 28.7 Å². The number of imidazole rings is 1. The molecule has 2 aromatic heterocycles. The molecule has 23 heavy (non-hydrogen) atoms. The maximum atomic E-state index is 13.7. The summed E-state index contributed by atoms with van der Waals surface area (Å²) >= 11 is 0. The summed E-state index contributed by atoms with van der Waals surface area (Å²) < 4.78 is 41.2. The molecule has 0 aliphatic carbocycles. The molecule has 8 heteroatoms. The predicted molar refractivity (Wildman–Crippen MR) is 87.6 cm³/mol. The normalized spacial score (nSPS) is 12.2. The molecule has 6 nitrogen and oxygen atoms in total. The number of rotatable bonds is 4. The molecule has 0 fully saturated rings. The van der Waals surface area contributed by atoms with Crippen molar-refractivity contribution < 1.29 is 12.8 Å². The van der Waals surface area contributed by atoms with Gasteiger partial charge in [-0.15, -0.1) is 0 Å². The molecule has 3 rings (SSSR count). The number of hydrogen-bond donors (Lipinski definition) is 1. The maximum Gasteiger partial charge on any atom is 0.231 e. The van der Waals surface area contributed by atoms with E-state index in [1.807, 2.05) is 6.92 Å². The molecule has 1 aromatic carbocycles. The summed E-state index contributed by atoms with van der Waals surface area (Å²) in [6.07, 6.45) is 2.63. The number of anilines is 1. The zero-order valence-corrected chi connectivity index (χ0v) is 13.9. The fourth-order valence-electron chi connectivity index (χ4n) is 2.71. The fraction of sp³-hybridized carbons (Fsp3) is 0.333. The maximum absolute atomic E-state index is 13.7. The molecule has 122 valence electrons. The van der Waals surface area contributed by atoms with Crippen molar-refractivity contribution in [1.29, 1.82) is 0 Å². The number of sulfonamides is 1. The lowest BCUT2D eigenvalue weighted by atomic mass is 10.2. The third kappa shape index (κ3) is 2.86. The number of aromatic nitrogens is 3. The quantitative estimate of drug-likeness (QED) is 0.795. The second-order valence-electron chi connectivity index (χ2n) is 5.52. The third-order valence-electron chi connectivity index (χ3n) is 3.51. The van der Waals surface area contributed by atoms with Gasteiger partial charge in [0.2, 0.25) is 10.0 Å². The van der Waals surface area contributed by atoms with Crippen LogP contribution in [-0.2, 0) is 16.4 Å². The summed E-state index contributed by atoms with van der Waals surface area (Å²) in [6.45, 7) is 3.81. The Morgan fingerprint density at radius 2 is 2.04 bits per heavy atom. The summed E-state index contributed by atoms with van der Waals surface area (Å²) in [6, 6.07) is 4.22. The molecule has 0 atom stereocenters. The van der Waals surface area contributed by atoms with E-state index in [0.717, 1.165) is 18.5 Å². The second-order valence-corrected chi connectivity index (χ2v) is 7.26. The Morgan fingerprint density at radius 3 is 2.70 bits per heavy atom. The van der Waals surface area contributed by atoms with Gasteiger partial charge in [-0.2, -0.15) is 0 Å². The van der Waals surface area contributed by atoms with Gasteiger partial charge in [0.25, 0.3) is 0 Å². The van der Waals surface area contributed by atoms with E-state index in [4.69, 9.17) is 0 Å². The van der Waals surface area contributed by atoms with Gasteiger partial charge in [0.1, 0.15) is 17.2 Å². The van der Waals surface area contributed by atoms with Crippen LogP contribution in [0.4, 0.5) is 10.2 Å². The minimum atomic E-state index is -3.49. The van der Waals surface area contributed by atoms with Crippen LogP contribution in [0, 0.1) is 12.7 Å². The molecule has 0 radical (unpaired) electrons. The number of nitrogens with zero attached hydrogens (tertiary/aromatic N) is 3. The van der Waals surface area contributed by atoms with E-state index in [-0.39, 0.29) is 11.6 Å². The topological polar surface area (TPSA) is 76.4 Å². The Morgan fingerprint density at radius 1 is 1.30 bits per heavy atom. The van der Waals surface area contributed by atoms with E-state index in [1.165, 1.54) is 18.2 Å². The molecule has 0 saturated heterocycles. The molecule has 0 spiro atoms. The number of benzene rings is 1. The Kier molecular flexibility index (Phi) is 3.71. The lowest BCUT2D eigenvalue weighted by Gasteiger charge is -2.11. The highest BCUT2D eigenvalue weighted by Gasteiger charge is 2.18. The van der Waals surface area contributed by atoms with Crippen LogP contribution in [0.25, 0.3) is 16.6 Å². The van der Waals surface area contributed by atoms with Crippen LogP contribution < -0.4 is 4.72 Å². The van der Waals surface area contributed by atoms with Crippen LogP contribution in [0.5, 0.6) is 0 Å². The van der Waals surface area contributed by atoms with Crippen molar-refractivity contribution >= 4 is 32.4 Å². The number of nitrogens with one attached hydrogen (secondary N) is 1. The van der Waals surface area contributed by atoms with Crippen LogP contribution in [-0.4, -0.2) is 29.0 Å². The average Bonchev–Trinajstić information content (AvgIpc) is 2.76. The first-order valence-electron chi connectivity index (χ1n) is 7.25. The lowest BCUT2D eigenvalue weighted by molar-refractivity contribution is 0.606.